The van der Waals surface area contributed by atoms with Gasteiger partial charge >= 0.3 is 5.97 Å². The van der Waals surface area contributed by atoms with E-state index in [0.29, 0.717) is 41.7 Å². The first-order valence-corrected chi connectivity index (χ1v) is 7.34. The third-order valence-electron chi connectivity index (χ3n) is 3.28. The quantitative estimate of drug-likeness (QED) is 0.656. The largest absolute Gasteiger partial charge is 0.486 e. The van der Waals surface area contributed by atoms with Gasteiger partial charge in [-0.3, -0.25) is 4.79 Å². The molecule has 1 aliphatic rings. The molecule has 2 aromatic rings. The van der Waals surface area contributed by atoms with E-state index in [1.165, 1.54) is 6.07 Å². The maximum absolute atomic E-state index is 11.9. The number of hydrogen-bond acceptors (Lipinski definition) is 6. The van der Waals surface area contributed by atoms with E-state index in [2.05, 4.69) is 5.32 Å². The fraction of sp³-hybridized carbons (Fsp3) is 0.176. The molecular formula is C17H16N2O5. The monoisotopic (exact) mass is 328 g/mol. The van der Waals surface area contributed by atoms with Crippen LogP contribution in [0.2, 0.25) is 0 Å². The second kappa shape index (κ2) is 6.91. The summed E-state index contributed by atoms with van der Waals surface area (Å²) < 4.78 is 15.8. The van der Waals surface area contributed by atoms with Crippen LogP contribution >= 0.6 is 0 Å². The maximum Gasteiger partial charge on any atom is 0.338 e. The van der Waals surface area contributed by atoms with Crippen LogP contribution in [0.1, 0.15) is 10.4 Å². The number of rotatable bonds is 4. The fourth-order valence-electron chi connectivity index (χ4n) is 2.20. The van der Waals surface area contributed by atoms with Crippen LogP contribution in [0.15, 0.2) is 42.5 Å². The molecule has 0 saturated carbocycles. The van der Waals surface area contributed by atoms with Crippen LogP contribution in [0.25, 0.3) is 0 Å². The molecule has 24 heavy (non-hydrogen) atoms. The molecule has 7 heteroatoms. The molecule has 0 radical (unpaired) electrons. The highest BCUT2D eigenvalue weighted by Crippen LogP contribution is 2.32. The molecule has 0 spiro atoms. The molecule has 124 valence electrons. The van der Waals surface area contributed by atoms with Crippen LogP contribution in [0, 0.1) is 0 Å². The number of nitrogens with two attached hydrogens (primary N) is 1. The Balaban J connectivity index is 1.55. The van der Waals surface area contributed by atoms with Gasteiger partial charge < -0.3 is 25.3 Å². The fourth-order valence-corrected chi connectivity index (χ4v) is 2.20. The van der Waals surface area contributed by atoms with Crippen LogP contribution in [-0.2, 0) is 9.53 Å². The Hall–Kier alpha value is -3.22. The SMILES string of the molecule is Nc1cccc(C(=O)OCC(=O)Nc2ccc3c(c2)OCCO3)c1. The molecule has 0 bridgehead atoms. The first-order chi connectivity index (χ1) is 11.6. The minimum Gasteiger partial charge on any atom is -0.486 e. The number of carbonyl (C=O) groups excluding carboxylic acids is 2. The van der Waals surface area contributed by atoms with E-state index in [9.17, 15) is 9.59 Å². The molecule has 0 saturated heterocycles. The third kappa shape index (κ3) is 3.75. The highest BCUT2D eigenvalue weighted by atomic mass is 16.6. The molecule has 0 fully saturated rings. The summed E-state index contributed by atoms with van der Waals surface area (Å²) >= 11 is 0. The van der Waals surface area contributed by atoms with E-state index in [-0.39, 0.29) is 0 Å². The molecule has 0 unspecified atom stereocenters. The predicted octanol–water partition coefficient (Wildman–Crippen LogP) is 1.84. The topological polar surface area (TPSA) is 99.9 Å². The third-order valence-corrected chi connectivity index (χ3v) is 3.28. The molecule has 1 amide bonds. The Morgan fingerprint density at radius 3 is 2.67 bits per heavy atom. The molecular weight excluding hydrogens is 312 g/mol. The van der Waals surface area contributed by atoms with E-state index in [1.807, 2.05) is 0 Å². The first-order valence-electron chi connectivity index (χ1n) is 7.34. The normalized spacial score (nSPS) is 12.3. The zero-order chi connectivity index (χ0) is 16.9. The lowest BCUT2D eigenvalue weighted by molar-refractivity contribution is -0.119. The number of hydrogen-bond donors (Lipinski definition) is 2. The van der Waals surface area contributed by atoms with Crippen molar-refractivity contribution in [3.05, 3.63) is 48.0 Å². The number of carbonyl (C=O) groups is 2. The summed E-state index contributed by atoms with van der Waals surface area (Å²) in [6.45, 7) is 0.558. The van der Waals surface area contributed by atoms with E-state index < -0.39 is 18.5 Å². The number of fused-ring (bicyclic) bond motifs is 1. The van der Waals surface area contributed by atoms with Gasteiger partial charge in [0, 0.05) is 17.4 Å². The summed E-state index contributed by atoms with van der Waals surface area (Å²) in [4.78, 5) is 23.7. The lowest BCUT2D eigenvalue weighted by Gasteiger charge is -2.19. The number of anilines is 2. The second-order valence-corrected chi connectivity index (χ2v) is 5.11. The van der Waals surface area contributed by atoms with E-state index in [1.54, 1.807) is 36.4 Å². The van der Waals surface area contributed by atoms with Crippen molar-refractivity contribution in [1.29, 1.82) is 0 Å². The summed E-state index contributed by atoms with van der Waals surface area (Å²) in [6, 6.07) is 11.4. The number of amides is 1. The van der Waals surface area contributed by atoms with Gasteiger partial charge in [-0.05, 0) is 30.3 Å². The van der Waals surface area contributed by atoms with E-state index in [4.69, 9.17) is 19.9 Å². The van der Waals surface area contributed by atoms with Gasteiger partial charge in [0.05, 0.1) is 5.56 Å². The predicted molar refractivity (Wildman–Crippen MR) is 87.2 cm³/mol. The minimum atomic E-state index is -0.611. The van der Waals surface area contributed by atoms with Crippen LogP contribution in [0.3, 0.4) is 0 Å². The Kier molecular flexibility index (Phi) is 4.51. The molecule has 3 rings (SSSR count). The molecule has 1 aliphatic heterocycles. The van der Waals surface area contributed by atoms with Crippen molar-refractivity contribution in [2.75, 3.05) is 30.9 Å². The van der Waals surface area contributed by atoms with Gasteiger partial charge in [-0.1, -0.05) is 6.07 Å². The molecule has 0 atom stereocenters. The zero-order valence-electron chi connectivity index (χ0n) is 12.8. The summed E-state index contributed by atoms with van der Waals surface area (Å²) in [6.07, 6.45) is 0. The second-order valence-electron chi connectivity index (χ2n) is 5.11. The highest BCUT2D eigenvalue weighted by Gasteiger charge is 2.14. The van der Waals surface area contributed by atoms with Gasteiger partial charge in [0.1, 0.15) is 13.2 Å². The van der Waals surface area contributed by atoms with Crippen molar-refractivity contribution in [3.63, 3.8) is 0 Å². The van der Waals surface area contributed by atoms with Gasteiger partial charge in [-0.2, -0.15) is 0 Å². The summed E-state index contributed by atoms with van der Waals surface area (Å²) in [7, 11) is 0. The summed E-state index contributed by atoms with van der Waals surface area (Å²) in [5.41, 5.74) is 6.88. The molecule has 7 nitrogen and oxygen atoms in total. The van der Waals surface area contributed by atoms with Crippen LogP contribution in [-0.4, -0.2) is 31.7 Å². The van der Waals surface area contributed by atoms with Gasteiger partial charge in [0.2, 0.25) is 0 Å². The lowest BCUT2D eigenvalue weighted by atomic mass is 10.2. The minimum absolute atomic E-state index is 0.294. The van der Waals surface area contributed by atoms with Crippen LogP contribution in [0.5, 0.6) is 11.5 Å². The number of nitrogen functional groups attached to an aromatic ring is 1. The van der Waals surface area contributed by atoms with Crippen LogP contribution < -0.4 is 20.5 Å². The van der Waals surface area contributed by atoms with Gasteiger partial charge in [0.25, 0.3) is 5.91 Å². The van der Waals surface area contributed by atoms with Crippen molar-refractivity contribution in [2.45, 2.75) is 0 Å². The molecule has 0 aromatic heterocycles. The average molecular weight is 328 g/mol. The van der Waals surface area contributed by atoms with Crippen molar-refractivity contribution in [3.8, 4) is 11.5 Å². The Morgan fingerprint density at radius 1 is 1.08 bits per heavy atom. The number of nitrogens with one attached hydrogen (secondary N) is 1. The zero-order valence-corrected chi connectivity index (χ0v) is 12.8. The Labute approximate surface area is 138 Å². The van der Waals surface area contributed by atoms with Crippen molar-refractivity contribution < 1.29 is 23.8 Å². The van der Waals surface area contributed by atoms with Gasteiger partial charge in [0.15, 0.2) is 18.1 Å². The Bertz CT molecular complexity index is 775. The smallest absolute Gasteiger partial charge is 0.338 e. The molecule has 1 heterocycles. The number of ether oxygens (including phenoxy) is 3. The number of benzene rings is 2. The number of esters is 1. The van der Waals surface area contributed by atoms with Crippen molar-refractivity contribution in [1.82, 2.24) is 0 Å². The van der Waals surface area contributed by atoms with Crippen molar-refractivity contribution >= 4 is 23.3 Å². The van der Waals surface area contributed by atoms with Gasteiger partial charge in [-0.15, -0.1) is 0 Å². The van der Waals surface area contributed by atoms with Crippen LogP contribution in [0.4, 0.5) is 11.4 Å². The highest BCUT2D eigenvalue weighted by molar-refractivity contribution is 5.96. The summed E-state index contributed by atoms with van der Waals surface area (Å²) in [5.74, 6) is 0.131. The maximum atomic E-state index is 11.9. The van der Waals surface area contributed by atoms with E-state index >= 15 is 0 Å². The molecule has 3 N–H and O–H groups in total. The average Bonchev–Trinajstić information content (AvgIpc) is 2.59. The molecule has 0 aliphatic carbocycles. The molecule has 2 aromatic carbocycles. The standard InChI is InChI=1S/C17H16N2O5/c18-12-3-1-2-11(8-12)17(21)24-10-16(20)19-13-4-5-14-15(9-13)23-7-6-22-14/h1-5,8-9H,6-7,10,18H2,(H,19,20). The van der Waals surface area contributed by atoms with E-state index in [0.717, 1.165) is 0 Å². The summed E-state index contributed by atoms with van der Waals surface area (Å²) in [5, 5.41) is 2.63. The van der Waals surface area contributed by atoms with Crippen molar-refractivity contribution in [2.24, 2.45) is 0 Å². The lowest BCUT2D eigenvalue weighted by Crippen LogP contribution is -2.21. The Morgan fingerprint density at radius 2 is 1.88 bits per heavy atom. The van der Waals surface area contributed by atoms with Gasteiger partial charge in [-0.25, -0.2) is 4.79 Å². The first kappa shape index (κ1) is 15.7.